The predicted molar refractivity (Wildman–Crippen MR) is 215 cm³/mol. The lowest BCUT2D eigenvalue weighted by molar-refractivity contribution is -0.191. The van der Waals surface area contributed by atoms with E-state index in [1.807, 2.05) is 6.92 Å². The third kappa shape index (κ3) is 15.0. The molecule has 0 bridgehead atoms. The first-order valence-electron chi connectivity index (χ1n) is 21.7. The van der Waals surface area contributed by atoms with Crippen LogP contribution in [-0.4, -0.2) is 149 Å². The zero-order valence-corrected chi connectivity index (χ0v) is 35.4. The topological polar surface area (TPSA) is 244 Å². The van der Waals surface area contributed by atoms with Gasteiger partial charge in [0, 0.05) is 58.7 Å². The van der Waals surface area contributed by atoms with E-state index >= 15 is 0 Å². The van der Waals surface area contributed by atoms with E-state index in [0.29, 0.717) is 83.7 Å². The number of piperidine rings is 1. The fourth-order valence-corrected chi connectivity index (χ4v) is 8.62. The average molecular weight is 833 g/mol. The van der Waals surface area contributed by atoms with Crippen molar-refractivity contribution >= 4 is 47.5 Å². The number of rotatable bonds is 17. The minimum atomic E-state index is -1.19. The van der Waals surface area contributed by atoms with Crippen molar-refractivity contribution in [1.29, 1.82) is 0 Å². The van der Waals surface area contributed by atoms with Crippen LogP contribution in [-0.2, 0) is 43.2 Å². The molecule has 0 radical (unpaired) electrons. The minimum absolute atomic E-state index is 0.0792. The summed E-state index contributed by atoms with van der Waals surface area (Å²) in [7, 11) is 0. The normalized spacial score (nSPS) is 22.2. The standard InChI is InChI=1S/C40H68N8O8.CO2/c1-5-18-42-38(54)35(28(4)49)45-37(53)32-15-11-22-47(32)39(55)27(3)43-36(52)31-14-9-10-21-48(31)40(56)30(16-17-34(51)46-23-19-41-20-24-46)44-33(50)25-26(2)29-12-7-6-8-13-29;2-1-3/h26-32,35,41,49H,5-25H2,1-4H3,(H,42,54)(H,43,52)(H,44,50)(H,45,53);/t26-,27-,28+,30-,31-,32-,35-;/m0./s1. The van der Waals surface area contributed by atoms with Crippen molar-refractivity contribution in [3.63, 3.8) is 0 Å². The first-order chi connectivity index (χ1) is 28.2. The molecule has 332 valence electrons. The maximum absolute atomic E-state index is 14.3. The second-order valence-corrected chi connectivity index (χ2v) is 16.4. The number of amides is 7. The number of nitrogens with zero attached hydrogens (tertiary/aromatic N) is 3. The van der Waals surface area contributed by atoms with E-state index in [0.717, 1.165) is 25.7 Å². The number of nitrogens with one attached hydrogen (secondary N) is 5. The molecule has 7 amide bonds. The van der Waals surface area contributed by atoms with E-state index < -0.39 is 65.8 Å². The Balaban J connectivity index is 0.00000300. The minimum Gasteiger partial charge on any atom is -0.391 e. The van der Waals surface area contributed by atoms with E-state index in [9.17, 15) is 38.7 Å². The third-order valence-electron chi connectivity index (χ3n) is 12.0. The van der Waals surface area contributed by atoms with E-state index in [1.165, 1.54) is 30.1 Å². The maximum Gasteiger partial charge on any atom is 0.373 e. The van der Waals surface area contributed by atoms with Crippen LogP contribution in [0.4, 0.5) is 0 Å². The Morgan fingerprint density at radius 1 is 0.746 bits per heavy atom. The SMILES string of the molecule is CCCNC(=O)[C@@H](NC(=O)[C@@H]1CCCN1C(=O)[C@H](C)NC(=O)[C@@H]1CCCCN1C(=O)[C@H](CCC(=O)N1CCNCC1)NC(=O)C[C@H](C)C1CCCCC1)[C@@H](C)O.O=C=O. The molecule has 18 heteroatoms. The van der Waals surface area contributed by atoms with Crippen LogP contribution in [0.25, 0.3) is 0 Å². The highest BCUT2D eigenvalue weighted by Gasteiger charge is 2.41. The van der Waals surface area contributed by atoms with Crippen molar-refractivity contribution < 1.29 is 48.3 Å². The Labute approximate surface area is 348 Å². The lowest BCUT2D eigenvalue weighted by Gasteiger charge is -2.38. The second kappa shape index (κ2) is 25.3. The van der Waals surface area contributed by atoms with E-state index in [1.54, 1.807) is 4.90 Å². The van der Waals surface area contributed by atoms with Gasteiger partial charge in [-0.05, 0) is 70.6 Å². The van der Waals surface area contributed by atoms with Crippen molar-refractivity contribution in [3.05, 3.63) is 0 Å². The van der Waals surface area contributed by atoms with Crippen LogP contribution in [0.5, 0.6) is 0 Å². The lowest BCUT2D eigenvalue weighted by Crippen LogP contribution is -2.60. The predicted octanol–water partition coefficient (Wildman–Crippen LogP) is -0.0252. The van der Waals surface area contributed by atoms with Crippen LogP contribution < -0.4 is 26.6 Å². The summed E-state index contributed by atoms with van der Waals surface area (Å²) in [5.41, 5.74) is 0. The number of hydrogen-bond donors (Lipinski definition) is 6. The van der Waals surface area contributed by atoms with Gasteiger partial charge in [-0.2, -0.15) is 9.59 Å². The quantitative estimate of drug-likeness (QED) is 0.114. The largest absolute Gasteiger partial charge is 0.391 e. The van der Waals surface area contributed by atoms with E-state index in [2.05, 4.69) is 33.5 Å². The third-order valence-corrected chi connectivity index (χ3v) is 12.0. The first kappa shape index (κ1) is 49.0. The van der Waals surface area contributed by atoms with Gasteiger partial charge in [0.05, 0.1) is 6.10 Å². The fraction of sp³-hybridized carbons (Fsp3) is 0.805. The fourth-order valence-electron chi connectivity index (χ4n) is 8.62. The molecule has 4 rings (SSSR count). The smallest absolute Gasteiger partial charge is 0.373 e. The molecule has 59 heavy (non-hydrogen) atoms. The molecular formula is C41H68N8O10. The van der Waals surface area contributed by atoms with Gasteiger partial charge < -0.3 is 46.4 Å². The van der Waals surface area contributed by atoms with Gasteiger partial charge in [-0.3, -0.25) is 33.6 Å². The molecule has 3 aliphatic heterocycles. The molecule has 0 aromatic carbocycles. The Morgan fingerprint density at radius 3 is 1.95 bits per heavy atom. The van der Waals surface area contributed by atoms with Gasteiger partial charge in [-0.25, -0.2) is 0 Å². The monoisotopic (exact) mass is 833 g/mol. The highest BCUT2D eigenvalue weighted by Crippen LogP contribution is 2.31. The number of aliphatic hydroxyl groups excluding tert-OH is 1. The first-order valence-corrected chi connectivity index (χ1v) is 21.7. The van der Waals surface area contributed by atoms with Gasteiger partial charge in [0.1, 0.15) is 30.2 Å². The van der Waals surface area contributed by atoms with Crippen molar-refractivity contribution in [2.45, 2.75) is 154 Å². The molecule has 3 heterocycles. The molecule has 7 atom stereocenters. The molecule has 0 spiro atoms. The number of carbonyl (C=O) groups is 7. The van der Waals surface area contributed by atoms with Crippen LogP contribution in [0.2, 0.25) is 0 Å². The number of aliphatic hydroxyl groups is 1. The summed E-state index contributed by atoms with van der Waals surface area (Å²) in [5.74, 6) is -2.17. The van der Waals surface area contributed by atoms with E-state index in [-0.39, 0.29) is 49.7 Å². The number of piperazine rings is 1. The zero-order chi connectivity index (χ0) is 43.5. The molecule has 0 unspecified atom stereocenters. The molecule has 4 aliphatic rings. The van der Waals surface area contributed by atoms with Crippen LogP contribution in [0.3, 0.4) is 0 Å². The molecule has 18 nitrogen and oxygen atoms in total. The van der Waals surface area contributed by atoms with Crippen LogP contribution in [0, 0.1) is 11.8 Å². The molecule has 3 saturated heterocycles. The zero-order valence-electron chi connectivity index (χ0n) is 35.4. The van der Waals surface area contributed by atoms with Crippen molar-refractivity contribution in [1.82, 2.24) is 41.3 Å². The summed E-state index contributed by atoms with van der Waals surface area (Å²) in [6, 6.07) is -4.97. The van der Waals surface area contributed by atoms with Gasteiger partial charge in [-0.1, -0.05) is 46.0 Å². The van der Waals surface area contributed by atoms with Gasteiger partial charge in [0.25, 0.3) is 0 Å². The second-order valence-electron chi connectivity index (χ2n) is 16.4. The number of likely N-dealkylation sites (tertiary alicyclic amines) is 2. The molecule has 4 fully saturated rings. The molecule has 6 N–H and O–H groups in total. The maximum atomic E-state index is 14.3. The Bertz CT molecular complexity index is 1460. The van der Waals surface area contributed by atoms with E-state index in [4.69, 9.17) is 9.59 Å². The molecular weight excluding hydrogens is 764 g/mol. The molecule has 0 aromatic rings. The highest BCUT2D eigenvalue weighted by molar-refractivity contribution is 5.97. The summed E-state index contributed by atoms with van der Waals surface area (Å²) in [6.45, 7) is 10.4. The van der Waals surface area contributed by atoms with Gasteiger partial charge in [-0.15, -0.1) is 0 Å². The Hall–Kier alpha value is -4.41. The van der Waals surface area contributed by atoms with Crippen molar-refractivity contribution in [3.8, 4) is 0 Å². The van der Waals surface area contributed by atoms with Crippen molar-refractivity contribution in [2.75, 3.05) is 45.8 Å². The van der Waals surface area contributed by atoms with Crippen LogP contribution >= 0.6 is 0 Å². The van der Waals surface area contributed by atoms with Crippen molar-refractivity contribution in [2.24, 2.45) is 11.8 Å². The van der Waals surface area contributed by atoms with Crippen LogP contribution in [0.15, 0.2) is 0 Å². The number of hydrogen-bond acceptors (Lipinski definition) is 11. The summed E-state index contributed by atoms with van der Waals surface area (Å²) >= 11 is 0. The summed E-state index contributed by atoms with van der Waals surface area (Å²) in [4.78, 5) is 115. The summed E-state index contributed by atoms with van der Waals surface area (Å²) < 4.78 is 0. The molecule has 1 saturated carbocycles. The Morgan fingerprint density at radius 2 is 1.32 bits per heavy atom. The van der Waals surface area contributed by atoms with Gasteiger partial charge in [0.2, 0.25) is 41.4 Å². The molecule has 0 aromatic heterocycles. The van der Waals surface area contributed by atoms with Crippen LogP contribution in [0.1, 0.15) is 118 Å². The Kier molecular flexibility index (Phi) is 21.0. The highest BCUT2D eigenvalue weighted by atomic mass is 16.3. The van der Waals surface area contributed by atoms with Gasteiger partial charge in [0.15, 0.2) is 0 Å². The molecule has 1 aliphatic carbocycles. The summed E-state index contributed by atoms with van der Waals surface area (Å²) in [6.07, 6.45) is 8.58. The number of carbonyl (C=O) groups excluding carboxylic acids is 9. The summed E-state index contributed by atoms with van der Waals surface area (Å²) in [5, 5.41) is 24.5. The average Bonchev–Trinajstić information content (AvgIpc) is 3.73. The lowest BCUT2D eigenvalue weighted by atomic mass is 9.79. The van der Waals surface area contributed by atoms with Gasteiger partial charge >= 0.3 is 6.15 Å².